The molecule has 0 saturated carbocycles. The van der Waals surface area contributed by atoms with Gasteiger partial charge in [0.15, 0.2) is 5.17 Å². The number of hydrogen-bond acceptors (Lipinski definition) is 4. The summed E-state index contributed by atoms with van der Waals surface area (Å²) in [6.07, 6.45) is 3.75. The number of carbonyl (C=O) groups excluding carboxylic acids is 1. The van der Waals surface area contributed by atoms with Gasteiger partial charge < -0.3 is 5.11 Å². The number of phenols is 1. The van der Waals surface area contributed by atoms with E-state index in [1.165, 1.54) is 22.9 Å². The first kappa shape index (κ1) is 20.9. The van der Waals surface area contributed by atoms with Crippen LogP contribution in [0.25, 0.3) is 6.08 Å². The lowest BCUT2D eigenvalue weighted by Crippen LogP contribution is -2.28. The molecule has 1 aliphatic heterocycles. The van der Waals surface area contributed by atoms with Gasteiger partial charge in [-0.25, -0.2) is 4.99 Å². The molecule has 31 heavy (non-hydrogen) atoms. The minimum Gasteiger partial charge on any atom is -0.508 e. The van der Waals surface area contributed by atoms with Gasteiger partial charge in [0.2, 0.25) is 0 Å². The molecule has 1 heterocycles. The van der Waals surface area contributed by atoms with Crippen LogP contribution in [0.5, 0.6) is 5.75 Å². The van der Waals surface area contributed by atoms with Crippen molar-refractivity contribution in [1.29, 1.82) is 0 Å². The molecule has 1 saturated heterocycles. The molecule has 1 fully saturated rings. The lowest BCUT2D eigenvalue weighted by atomic mass is 10.1. The number of phenolic OH excluding ortho intramolecular Hbond substituents is 1. The standard InChI is InChI=1S/C26H24N2O2S/c1-3-18-5-11-21(12-6-18)27-26-28(22-13-7-19(4-2)8-14-22)25(30)24(31-26)17-20-9-15-23(29)16-10-20/h5-17,29H,3-4H2,1-2H3/b24-17+,27-26?. The zero-order valence-electron chi connectivity index (χ0n) is 17.6. The lowest BCUT2D eigenvalue weighted by molar-refractivity contribution is -0.113. The van der Waals surface area contributed by atoms with E-state index in [1.807, 2.05) is 42.5 Å². The average Bonchev–Trinajstić information content (AvgIpc) is 3.10. The molecule has 0 spiro atoms. The van der Waals surface area contributed by atoms with Gasteiger partial charge in [-0.15, -0.1) is 0 Å². The molecule has 4 rings (SSSR count). The fraction of sp³-hybridized carbons (Fsp3) is 0.154. The van der Waals surface area contributed by atoms with Crippen LogP contribution in [0.1, 0.15) is 30.5 Å². The van der Waals surface area contributed by atoms with Crippen LogP contribution in [0.3, 0.4) is 0 Å². The summed E-state index contributed by atoms with van der Waals surface area (Å²) in [6, 6.07) is 22.9. The molecule has 0 atom stereocenters. The Labute approximate surface area is 187 Å². The normalized spacial score (nSPS) is 16.5. The predicted octanol–water partition coefficient (Wildman–Crippen LogP) is 6.33. The van der Waals surface area contributed by atoms with E-state index in [1.54, 1.807) is 29.2 Å². The minimum atomic E-state index is -0.105. The van der Waals surface area contributed by atoms with E-state index in [0.717, 1.165) is 29.8 Å². The van der Waals surface area contributed by atoms with Gasteiger partial charge in [-0.2, -0.15) is 0 Å². The maximum atomic E-state index is 13.3. The summed E-state index contributed by atoms with van der Waals surface area (Å²) in [5.74, 6) is 0.0919. The van der Waals surface area contributed by atoms with Crippen molar-refractivity contribution in [2.45, 2.75) is 26.7 Å². The van der Waals surface area contributed by atoms with E-state index in [4.69, 9.17) is 4.99 Å². The van der Waals surface area contributed by atoms with Gasteiger partial charge in [0.25, 0.3) is 5.91 Å². The zero-order chi connectivity index (χ0) is 21.8. The number of rotatable bonds is 5. The SMILES string of the molecule is CCc1ccc(N=C2S/C(=C/c3ccc(O)cc3)C(=O)N2c2ccc(CC)cc2)cc1. The molecule has 1 N–H and O–H groups in total. The molecule has 3 aromatic carbocycles. The first-order chi connectivity index (χ1) is 15.1. The summed E-state index contributed by atoms with van der Waals surface area (Å²) < 4.78 is 0. The van der Waals surface area contributed by atoms with Crippen LogP contribution in [0, 0.1) is 0 Å². The molecule has 0 aromatic heterocycles. The highest BCUT2D eigenvalue weighted by molar-refractivity contribution is 8.19. The smallest absolute Gasteiger partial charge is 0.271 e. The van der Waals surface area contributed by atoms with E-state index in [0.29, 0.717) is 10.1 Å². The Morgan fingerprint density at radius 2 is 1.45 bits per heavy atom. The molecular formula is C26H24N2O2S. The van der Waals surface area contributed by atoms with Crippen molar-refractivity contribution in [3.05, 3.63) is 94.4 Å². The molecule has 1 aliphatic rings. The molecule has 0 radical (unpaired) electrons. The third-order valence-corrected chi connectivity index (χ3v) is 6.14. The Bertz CT molecular complexity index is 1130. The Kier molecular flexibility index (Phi) is 6.23. The monoisotopic (exact) mass is 428 g/mol. The Hall–Kier alpha value is -3.31. The number of thioether (sulfide) groups is 1. The van der Waals surface area contributed by atoms with Gasteiger partial charge in [0.05, 0.1) is 16.3 Å². The van der Waals surface area contributed by atoms with Crippen LogP contribution in [0.15, 0.2) is 82.7 Å². The van der Waals surface area contributed by atoms with E-state index in [2.05, 4.69) is 26.0 Å². The number of aryl methyl sites for hydroxylation is 2. The van der Waals surface area contributed by atoms with Gasteiger partial charge in [0, 0.05) is 0 Å². The van der Waals surface area contributed by atoms with Gasteiger partial charge in [-0.1, -0.05) is 50.2 Å². The van der Waals surface area contributed by atoms with E-state index in [9.17, 15) is 9.90 Å². The summed E-state index contributed by atoms with van der Waals surface area (Å²) in [7, 11) is 0. The largest absolute Gasteiger partial charge is 0.508 e. The van der Waals surface area contributed by atoms with Crippen LogP contribution in [-0.2, 0) is 17.6 Å². The number of aromatic hydroxyl groups is 1. The Morgan fingerprint density at radius 1 is 0.871 bits per heavy atom. The van der Waals surface area contributed by atoms with Crippen LogP contribution in [0.4, 0.5) is 11.4 Å². The van der Waals surface area contributed by atoms with E-state index < -0.39 is 0 Å². The lowest BCUT2D eigenvalue weighted by Gasteiger charge is -2.16. The fourth-order valence-electron chi connectivity index (χ4n) is 3.30. The van der Waals surface area contributed by atoms with E-state index >= 15 is 0 Å². The first-order valence-corrected chi connectivity index (χ1v) is 11.2. The molecule has 0 aliphatic carbocycles. The van der Waals surface area contributed by atoms with E-state index in [-0.39, 0.29) is 11.7 Å². The quantitative estimate of drug-likeness (QED) is 0.484. The Morgan fingerprint density at radius 3 is 2.03 bits per heavy atom. The van der Waals surface area contributed by atoms with Crippen molar-refractivity contribution in [2.24, 2.45) is 4.99 Å². The van der Waals surface area contributed by atoms with Gasteiger partial charge >= 0.3 is 0 Å². The third kappa shape index (κ3) is 4.72. The van der Waals surface area contributed by atoms with Crippen LogP contribution in [0.2, 0.25) is 0 Å². The fourth-order valence-corrected chi connectivity index (χ4v) is 4.30. The molecular weight excluding hydrogens is 404 g/mol. The minimum absolute atomic E-state index is 0.105. The van der Waals surface area contributed by atoms with Crippen molar-refractivity contribution in [3.8, 4) is 5.75 Å². The third-order valence-electron chi connectivity index (χ3n) is 5.17. The first-order valence-electron chi connectivity index (χ1n) is 10.4. The van der Waals surface area contributed by atoms with Crippen LogP contribution < -0.4 is 4.90 Å². The second-order valence-electron chi connectivity index (χ2n) is 7.28. The average molecular weight is 429 g/mol. The van der Waals surface area contributed by atoms with Crippen LogP contribution in [-0.4, -0.2) is 16.2 Å². The molecule has 1 amide bonds. The Balaban J connectivity index is 1.74. The maximum absolute atomic E-state index is 13.3. The summed E-state index contributed by atoms with van der Waals surface area (Å²) in [5, 5.41) is 10.2. The van der Waals surface area contributed by atoms with Crippen molar-refractivity contribution in [2.75, 3.05) is 4.90 Å². The van der Waals surface area contributed by atoms with Crippen molar-refractivity contribution >= 4 is 40.3 Å². The number of nitrogens with zero attached hydrogens (tertiary/aromatic N) is 2. The summed E-state index contributed by atoms with van der Waals surface area (Å²) in [4.78, 5) is 20.4. The number of amidine groups is 1. The molecule has 5 heteroatoms. The number of amides is 1. The highest BCUT2D eigenvalue weighted by Crippen LogP contribution is 2.37. The molecule has 4 nitrogen and oxygen atoms in total. The number of aliphatic imine (C=N–C) groups is 1. The topological polar surface area (TPSA) is 52.9 Å². The number of carbonyl (C=O) groups is 1. The van der Waals surface area contributed by atoms with Crippen molar-refractivity contribution in [3.63, 3.8) is 0 Å². The van der Waals surface area contributed by atoms with Gasteiger partial charge in [0.1, 0.15) is 5.75 Å². The van der Waals surface area contributed by atoms with Gasteiger partial charge in [-0.3, -0.25) is 9.69 Å². The second kappa shape index (κ2) is 9.23. The number of anilines is 1. The second-order valence-corrected chi connectivity index (χ2v) is 8.29. The van der Waals surface area contributed by atoms with Gasteiger partial charge in [-0.05, 0) is 83.8 Å². The summed E-state index contributed by atoms with van der Waals surface area (Å²) in [5.41, 5.74) is 4.93. The molecule has 0 bridgehead atoms. The molecule has 3 aromatic rings. The zero-order valence-corrected chi connectivity index (χ0v) is 18.4. The highest BCUT2D eigenvalue weighted by Gasteiger charge is 2.34. The predicted molar refractivity (Wildman–Crippen MR) is 130 cm³/mol. The maximum Gasteiger partial charge on any atom is 0.271 e. The van der Waals surface area contributed by atoms with Crippen LogP contribution >= 0.6 is 11.8 Å². The summed E-state index contributed by atoms with van der Waals surface area (Å²) >= 11 is 1.36. The number of benzene rings is 3. The molecule has 0 unspecified atom stereocenters. The highest BCUT2D eigenvalue weighted by atomic mass is 32.2. The van der Waals surface area contributed by atoms with Crippen molar-refractivity contribution < 1.29 is 9.90 Å². The number of hydrogen-bond donors (Lipinski definition) is 1. The van der Waals surface area contributed by atoms with Crippen molar-refractivity contribution in [1.82, 2.24) is 0 Å². The summed E-state index contributed by atoms with van der Waals surface area (Å²) in [6.45, 7) is 4.23. The molecule has 156 valence electrons.